The average Bonchev–Trinajstić information content (AvgIpc) is 3.17. The molecule has 1 saturated heterocycles. The summed E-state index contributed by atoms with van der Waals surface area (Å²) in [5.74, 6) is 0.167. The molecule has 0 aromatic heterocycles. The Labute approximate surface area is 183 Å². The molecule has 1 aliphatic heterocycles. The number of benzene rings is 2. The number of nitrogens with zero attached hydrogens (tertiary/aromatic N) is 1. The van der Waals surface area contributed by atoms with E-state index in [9.17, 15) is 9.59 Å². The highest BCUT2D eigenvalue weighted by molar-refractivity contribution is 6.30. The third-order valence-corrected chi connectivity index (χ3v) is 5.33. The molecule has 1 aliphatic rings. The molecule has 0 saturated carbocycles. The SMILES string of the molecule is CNCC1CCN(C(=O)C(Cc2ccccc2)NC(=O)c2ccc(Cl)cc2)C1.Cl. The minimum atomic E-state index is -0.598. The predicted octanol–water partition coefficient (Wildman–Crippen LogP) is 3.17. The van der Waals surface area contributed by atoms with Gasteiger partial charge in [-0.15, -0.1) is 12.4 Å². The Hall–Kier alpha value is -2.08. The van der Waals surface area contributed by atoms with E-state index in [1.807, 2.05) is 42.3 Å². The van der Waals surface area contributed by atoms with Gasteiger partial charge in [0, 0.05) is 30.1 Å². The van der Waals surface area contributed by atoms with Gasteiger partial charge < -0.3 is 15.5 Å². The van der Waals surface area contributed by atoms with Crippen molar-refractivity contribution in [2.45, 2.75) is 18.9 Å². The maximum Gasteiger partial charge on any atom is 0.251 e. The lowest BCUT2D eigenvalue weighted by Gasteiger charge is -2.25. The summed E-state index contributed by atoms with van der Waals surface area (Å²) in [4.78, 5) is 27.8. The first kappa shape index (κ1) is 23.2. The summed E-state index contributed by atoms with van der Waals surface area (Å²) >= 11 is 5.91. The second kappa shape index (κ2) is 11.2. The number of halogens is 2. The number of rotatable bonds is 7. The fraction of sp³-hybridized carbons (Fsp3) is 0.364. The van der Waals surface area contributed by atoms with Crippen LogP contribution in [0.2, 0.25) is 5.02 Å². The van der Waals surface area contributed by atoms with Crippen molar-refractivity contribution in [1.82, 2.24) is 15.5 Å². The van der Waals surface area contributed by atoms with Gasteiger partial charge >= 0.3 is 0 Å². The van der Waals surface area contributed by atoms with Crippen LogP contribution >= 0.6 is 24.0 Å². The first-order chi connectivity index (χ1) is 13.6. The minimum absolute atomic E-state index is 0. The van der Waals surface area contributed by atoms with E-state index in [0.29, 0.717) is 22.9 Å². The maximum absolute atomic E-state index is 13.2. The van der Waals surface area contributed by atoms with Gasteiger partial charge in [0.15, 0.2) is 0 Å². The lowest BCUT2D eigenvalue weighted by atomic mass is 10.0. The lowest BCUT2D eigenvalue weighted by Crippen LogP contribution is -2.49. The van der Waals surface area contributed by atoms with Crippen molar-refractivity contribution in [2.75, 3.05) is 26.7 Å². The van der Waals surface area contributed by atoms with Crippen LogP contribution in [0.15, 0.2) is 54.6 Å². The Morgan fingerprint density at radius 2 is 1.83 bits per heavy atom. The standard InChI is InChI=1S/C22H26ClN3O2.ClH/c1-24-14-17-11-12-26(15-17)22(28)20(13-16-5-3-2-4-6-16)25-21(27)18-7-9-19(23)10-8-18;/h2-10,17,20,24H,11-15H2,1H3,(H,25,27);1H. The molecule has 156 valence electrons. The number of amides is 2. The first-order valence-corrected chi connectivity index (χ1v) is 9.98. The van der Waals surface area contributed by atoms with Crippen molar-refractivity contribution in [1.29, 1.82) is 0 Å². The largest absolute Gasteiger partial charge is 0.341 e. The van der Waals surface area contributed by atoms with Crippen LogP contribution in [-0.4, -0.2) is 49.4 Å². The third kappa shape index (κ3) is 6.46. The average molecular weight is 436 g/mol. The molecule has 2 amide bonds. The predicted molar refractivity (Wildman–Crippen MR) is 119 cm³/mol. The molecule has 0 aliphatic carbocycles. The maximum atomic E-state index is 13.2. The molecule has 2 N–H and O–H groups in total. The van der Waals surface area contributed by atoms with E-state index in [1.165, 1.54) is 0 Å². The van der Waals surface area contributed by atoms with E-state index in [-0.39, 0.29) is 24.2 Å². The highest BCUT2D eigenvalue weighted by Gasteiger charge is 2.31. The summed E-state index contributed by atoms with van der Waals surface area (Å²) in [6, 6.07) is 15.9. The quantitative estimate of drug-likeness (QED) is 0.701. The Morgan fingerprint density at radius 1 is 1.14 bits per heavy atom. The van der Waals surface area contributed by atoms with Crippen molar-refractivity contribution in [3.05, 3.63) is 70.7 Å². The van der Waals surface area contributed by atoms with Crippen molar-refractivity contribution >= 4 is 35.8 Å². The topological polar surface area (TPSA) is 61.4 Å². The van der Waals surface area contributed by atoms with Crippen LogP contribution in [0.5, 0.6) is 0 Å². The van der Waals surface area contributed by atoms with Gasteiger partial charge in [0.25, 0.3) is 5.91 Å². The monoisotopic (exact) mass is 435 g/mol. The molecule has 7 heteroatoms. The Balaban J connectivity index is 0.00000300. The molecule has 0 bridgehead atoms. The van der Waals surface area contributed by atoms with Gasteiger partial charge in [-0.1, -0.05) is 41.9 Å². The highest BCUT2D eigenvalue weighted by Crippen LogP contribution is 2.18. The molecule has 0 spiro atoms. The molecule has 0 radical (unpaired) electrons. The summed E-state index contributed by atoms with van der Waals surface area (Å²) in [6.07, 6.45) is 1.45. The Bertz CT molecular complexity index is 799. The molecule has 5 nitrogen and oxygen atoms in total. The molecule has 2 aromatic carbocycles. The molecule has 2 aromatic rings. The first-order valence-electron chi connectivity index (χ1n) is 9.60. The Kier molecular flexibility index (Phi) is 8.96. The second-order valence-electron chi connectivity index (χ2n) is 7.22. The summed E-state index contributed by atoms with van der Waals surface area (Å²) < 4.78 is 0. The van der Waals surface area contributed by atoms with E-state index in [0.717, 1.165) is 31.6 Å². The zero-order chi connectivity index (χ0) is 19.9. The van der Waals surface area contributed by atoms with Gasteiger partial charge in [0.1, 0.15) is 6.04 Å². The number of nitrogens with one attached hydrogen (secondary N) is 2. The normalized spacial score (nSPS) is 16.8. The van der Waals surface area contributed by atoms with Gasteiger partial charge in [-0.05, 0) is 55.8 Å². The zero-order valence-corrected chi connectivity index (χ0v) is 18.0. The number of carbonyl (C=O) groups is 2. The van der Waals surface area contributed by atoms with E-state index in [2.05, 4.69) is 10.6 Å². The van der Waals surface area contributed by atoms with Crippen LogP contribution in [-0.2, 0) is 11.2 Å². The van der Waals surface area contributed by atoms with Crippen molar-refractivity contribution in [3.8, 4) is 0 Å². The van der Waals surface area contributed by atoms with Crippen molar-refractivity contribution in [2.24, 2.45) is 5.92 Å². The lowest BCUT2D eigenvalue weighted by molar-refractivity contribution is -0.132. The number of likely N-dealkylation sites (tertiary alicyclic amines) is 1. The van der Waals surface area contributed by atoms with E-state index < -0.39 is 6.04 Å². The van der Waals surface area contributed by atoms with Gasteiger partial charge in [0.2, 0.25) is 5.91 Å². The second-order valence-corrected chi connectivity index (χ2v) is 7.66. The molecule has 3 rings (SSSR count). The van der Waals surface area contributed by atoms with E-state index >= 15 is 0 Å². The molecule has 2 unspecified atom stereocenters. The minimum Gasteiger partial charge on any atom is -0.341 e. The number of hydrogen-bond acceptors (Lipinski definition) is 3. The number of carbonyl (C=O) groups excluding carboxylic acids is 2. The molecule has 29 heavy (non-hydrogen) atoms. The van der Waals surface area contributed by atoms with E-state index in [4.69, 9.17) is 11.6 Å². The summed E-state index contributed by atoms with van der Waals surface area (Å²) in [6.45, 7) is 2.35. The van der Waals surface area contributed by atoms with Crippen LogP contribution in [0, 0.1) is 5.92 Å². The van der Waals surface area contributed by atoms with Crippen LogP contribution in [0.25, 0.3) is 0 Å². The molecule has 1 heterocycles. The van der Waals surface area contributed by atoms with Crippen molar-refractivity contribution < 1.29 is 9.59 Å². The van der Waals surface area contributed by atoms with Crippen molar-refractivity contribution in [3.63, 3.8) is 0 Å². The van der Waals surface area contributed by atoms with Crippen LogP contribution in [0.4, 0.5) is 0 Å². The van der Waals surface area contributed by atoms with Crippen LogP contribution in [0.1, 0.15) is 22.3 Å². The fourth-order valence-electron chi connectivity index (χ4n) is 3.60. The molecule has 2 atom stereocenters. The zero-order valence-electron chi connectivity index (χ0n) is 16.4. The van der Waals surface area contributed by atoms with Crippen LogP contribution in [0.3, 0.4) is 0 Å². The van der Waals surface area contributed by atoms with E-state index in [1.54, 1.807) is 24.3 Å². The van der Waals surface area contributed by atoms with Gasteiger partial charge in [0.05, 0.1) is 0 Å². The third-order valence-electron chi connectivity index (χ3n) is 5.08. The molecular formula is C22H27Cl2N3O2. The van der Waals surface area contributed by atoms with Gasteiger partial charge in [-0.3, -0.25) is 9.59 Å². The number of hydrogen-bond donors (Lipinski definition) is 2. The fourth-order valence-corrected chi connectivity index (χ4v) is 3.73. The summed E-state index contributed by atoms with van der Waals surface area (Å²) in [5.41, 5.74) is 1.51. The highest BCUT2D eigenvalue weighted by atomic mass is 35.5. The smallest absolute Gasteiger partial charge is 0.251 e. The Morgan fingerprint density at radius 3 is 2.48 bits per heavy atom. The van der Waals surface area contributed by atoms with Gasteiger partial charge in [-0.25, -0.2) is 0 Å². The molecule has 1 fully saturated rings. The van der Waals surface area contributed by atoms with Crippen LogP contribution < -0.4 is 10.6 Å². The van der Waals surface area contributed by atoms with Gasteiger partial charge in [-0.2, -0.15) is 0 Å². The molecular weight excluding hydrogens is 409 g/mol. The summed E-state index contributed by atoms with van der Waals surface area (Å²) in [7, 11) is 1.93. The summed E-state index contributed by atoms with van der Waals surface area (Å²) in [5, 5.41) is 6.68.